The number of hydrogen-bond donors (Lipinski definition) is 0. The summed E-state index contributed by atoms with van der Waals surface area (Å²) in [4.78, 5) is 16.3. The molecule has 0 spiro atoms. The molecular formula is C20H18F3N3O. The molecule has 0 saturated carbocycles. The molecule has 1 aliphatic heterocycles. The number of carbonyl (C=O) groups excluding carboxylic acids is 1. The molecule has 140 valence electrons. The normalized spacial score (nSPS) is 15.4. The van der Waals surface area contributed by atoms with Crippen molar-refractivity contribution < 1.29 is 18.0 Å². The van der Waals surface area contributed by atoms with Gasteiger partial charge in [-0.2, -0.15) is 18.4 Å². The lowest BCUT2D eigenvalue weighted by atomic mass is 10.1. The second kappa shape index (κ2) is 7.80. The van der Waals surface area contributed by atoms with Gasteiger partial charge in [-0.3, -0.25) is 9.69 Å². The monoisotopic (exact) mass is 373 g/mol. The number of hydrogen-bond acceptors (Lipinski definition) is 3. The Bertz CT molecular complexity index is 865. The van der Waals surface area contributed by atoms with Crippen molar-refractivity contribution in [2.45, 2.75) is 12.7 Å². The first-order chi connectivity index (χ1) is 12.9. The van der Waals surface area contributed by atoms with Crippen molar-refractivity contribution in [3.63, 3.8) is 0 Å². The van der Waals surface area contributed by atoms with E-state index >= 15 is 0 Å². The van der Waals surface area contributed by atoms with Crippen molar-refractivity contribution >= 4 is 5.91 Å². The maximum Gasteiger partial charge on any atom is 0.416 e. The number of piperazine rings is 1. The number of nitriles is 1. The summed E-state index contributed by atoms with van der Waals surface area (Å²) in [5.74, 6) is -0.134. The van der Waals surface area contributed by atoms with Crippen LogP contribution in [0.15, 0.2) is 48.5 Å². The zero-order chi connectivity index (χ0) is 19.4. The van der Waals surface area contributed by atoms with Crippen molar-refractivity contribution in [2.75, 3.05) is 26.2 Å². The van der Waals surface area contributed by atoms with Crippen LogP contribution in [0, 0.1) is 11.3 Å². The molecule has 2 aromatic rings. The third-order valence-corrected chi connectivity index (χ3v) is 4.56. The lowest BCUT2D eigenvalue weighted by molar-refractivity contribution is -0.137. The van der Waals surface area contributed by atoms with Gasteiger partial charge in [0.1, 0.15) is 0 Å². The first-order valence-electron chi connectivity index (χ1n) is 8.55. The van der Waals surface area contributed by atoms with E-state index in [1.54, 1.807) is 35.2 Å². The minimum absolute atomic E-state index is 0.134. The Morgan fingerprint density at radius 2 is 1.74 bits per heavy atom. The minimum atomic E-state index is -4.35. The van der Waals surface area contributed by atoms with Gasteiger partial charge in [0.15, 0.2) is 0 Å². The van der Waals surface area contributed by atoms with E-state index in [1.807, 2.05) is 11.0 Å². The predicted octanol–water partition coefficient (Wildman–Crippen LogP) is 3.54. The van der Waals surface area contributed by atoms with Gasteiger partial charge in [0.05, 0.1) is 17.2 Å². The lowest BCUT2D eigenvalue weighted by Gasteiger charge is -2.35. The van der Waals surface area contributed by atoms with Crippen LogP contribution in [0.25, 0.3) is 0 Å². The highest BCUT2D eigenvalue weighted by Crippen LogP contribution is 2.29. The molecule has 0 radical (unpaired) electrons. The molecule has 2 aromatic carbocycles. The molecule has 0 unspecified atom stereocenters. The molecule has 0 N–H and O–H groups in total. The van der Waals surface area contributed by atoms with Crippen molar-refractivity contribution in [3.8, 4) is 6.07 Å². The summed E-state index contributed by atoms with van der Waals surface area (Å²) in [7, 11) is 0. The fourth-order valence-electron chi connectivity index (χ4n) is 3.12. The van der Waals surface area contributed by atoms with Crippen LogP contribution in [0.1, 0.15) is 27.0 Å². The molecule has 1 saturated heterocycles. The van der Waals surface area contributed by atoms with E-state index in [2.05, 4.69) is 0 Å². The number of alkyl halides is 3. The van der Waals surface area contributed by atoms with E-state index < -0.39 is 11.7 Å². The summed E-state index contributed by atoms with van der Waals surface area (Å²) in [6, 6.07) is 13.9. The minimum Gasteiger partial charge on any atom is -0.336 e. The molecule has 7 heteroatoms. The molecule has 0 atom stereocenters. The second-order valence-corrected chi connectivity index (χ2v) is 6.46. The molecule has 27 heavy (non-hydrogen) atoms. The van der Waals surface area contributed by atoms with Crippen LogP contribution in [0.3, 0.4) is 0 Å². The van der Waals surface area contributed by atoms with Crippen LogP contribution >= 0.6 is 0 Å². The maximum atomic E-state index is 12.8. The Labute approximate surface area is 155 Å². The average Bonchev–Trinajstić information content (AvgIpc) is 2.67. The molecular weight excluding hydrogens is 355 g/mol. The van der Waals surface area contributed by atoms with Gasteiger partial charge in [0.2, 0.25) is 0 Å². The summed E-state index contributed by atoms with van der Waals surface area (Å²) in [5, 5.41) is 8.95. The van der Waals surface area contributed by atoms with E-state index in [-0.39, 0.29) is 5.91 Å². The smallest absolute Gasteiger partial charge is 0.336 e. The van der Waals surface area contributed by atoms with Gasteiger partial charge < -0.3 is 4.90 Å². The third-order valence-electron chi connectivity index (χ3n) is 4.56. The zero-order valence-electron chi connectivity index (χ0n) is 14.5. The van der Waals surface area contributed by atoms with Gasteiger partial charge >= 0.3 is 6.18 Å². The Balaban J connectivity index is 1.59. The average molecular weight is 373 g/mol. The Morgan fingerprint density at radius 3 is 2.41 bits per heavy atom. The standard InChI is InChI=1S/C20H18F3N3O/c21-20(22,23)18-6-2-4-16(12-18)14-25-7-9-26(10-8-25)19(27)17-5-1-3-15(11-17)13-24/h1-6,11-12H,7-10,14H2. The summed E-state index contributed by atoms with van der Waals surface area (Å²) in [5.41, 5.74) is 0.863. The van der Waals surface area contributed by atoms with Crippen LogP contribution in [0.4, 0.5) is 13.2 Å². The summed E-state index contributed by atoms with van der Waals surface area (Å²) in [6.45, 7) is 2.57. The number of benzene rings is 2. The van der Waals surface area contributed by atoms with Gasteiger partial charge in [0, 0.05) is 38.3 Å². The van der Waals surface area contributed by atoms with Crippen LogP contribution in [0.5, 0.6) is 0 Å². The van der Waals surface area contributed by atoms with Gasteiger partial charge in [0.25, 0.3) is 5.91 Å². The van der Waals surface area contributed by atoms with E-state index in [9.17, 15) is 18.0 Å². The number of rotatable bonds is 3. The van der Waals surface area contributed by atoms with Gasteiger partial charge in [-0.05, 0) is 29.8 Å². The van der Waals surface area contributed by atoms with Gasteiger partial charge in [-0.15, -0.1) is 0 Å². The third kappa shape index (κ3) is 4.66. The SMILES string of the molecule is N#Cc1cccc(C(=O)N2CCN(Cc3cccc(C(F)(F)F)c3)CC2)c1. The highest BCUT2D eigenvalue weighted by molar-refractivity contribution is 5.94. The summed E-state index contributed by atoms with van der Waals surface area (Å²) >= 11 is 0. The highest BCUT2D eigenvalue weighted by Gasteiger charge is 2.30. The van der Waals surface area contributed by atoms with E-state index in [4.69, 9.17) is 5.26 Å². The molecule has 1 amide bonds. The topological polar surface area (TPSA) is 47.3 Å². The number of carbonyl (C=O) groups is 1. The lowest BCUT2D eigenvalue weighted by Crippen LogP contribution is -2.48. The Kier molecular flexibility index (Phi) is 5.47. The molecule has 1 fully saturated rings. The summed E-state index contributed by atoms with van der Waals surface area (Å²) < 4.78 is 38.5. The fraction of sp³-hybridized carbons (Fsp3) is 0.300. The Hall–Kier alpha value is -2.85. The van der Waals surface area contributed by atoms with Crippen molar-refractivity contribution in [3.05, 3.63) is 70.8 Å². The molecule has 0 aromatic heterocycles. The van der Waals surface area contributed by atoms with Crippen molar-refractivity contribution in [2.24, 2.45) is 0 Å². The Morgan fingerprint density at radius 1 is 1.04 bits per heavy atom. The second-order valence-electron chi connectivity index (χ2n) is 6.46. The molecule has 1 aliphatic rings. The largest absolute Gasteiger partial charge is 0.416 e. The number of halogens is 3. The van der Waals surface area contributed by atoms with Gasteiger partial charge in [-0.1, -0.05) is 24.3 Å². The highest BCUT2D eigenvalue weighted by atomic mass is 19.4. The molecule has 3 rings (SSSR count). The van der Waals surface area contributed by atoms with E-state index in [0.717, 1.165) is 6.07 Å². The zero-order valence-corrected chi connectivity index (χ0v) is 14.5. The molecule has 1 heterocycles. The number of nitrogens with zero attached hydrogens (tertiary/aromatic N) is 3. The molecule has 0 aliphatic carbocycles. The van der Waals surface area contributed by atoms with E-state index in [0.29, 0.717) is 49.4 Å². The van der Waals surface area contributed by atoms with Crippen LogP contribution in [-0.4, -0.2) is 41.9 Å². The first-order valence-corrected chi connectivity index (χ1v) is 8.55. The van der Waals surface area contributed by atoms with Crippen molar-refractivity contribution in [1.29, 1.82) is 5.26 Å². The molecule has 0 bridgehead atoms. The van der Waals surface area contributed by atoms with E-state index in [1.165, 1.54) is 12.1 Å². The predicted molar refractivity (Wildman–Crippen MR) is 93.8 cm³/mol. The van der Waals surface area contributed by atoms with Crippen LogP contribution < -0.4 is 0 Å². The van der Waals surface area contributed by atoms with Crippen molar-refractivity contribution in [1.82, 2.24) is 9.80 Å². The van der Waals surface area contributed by atoms with Gasteiger partial charge in [-0.25, -0.2) is 0 Å². The maximum absolute atomic E-state index is 12.8. The molecule has 4 nitrogen and oxygen atoms in total. The quantitative estimate of drug-likeness (QED) is 0.827. The number of amides is 1. The fourth-order valence-corrected chi connectivity index (χ4v) is 3.12. The van der Waals surface area contributed by atoms with Crippen LogP contribution in [0.2, 0.25) is 0 Å². The van der Waals surface area contributed by atoms with Crippen LogP contribution in [-0.2, 0) is 12.7 Å². The first kappa shape index (κ1) is 18.9. The summed E-state index contributed by atoms with van der Waals surface area (Å²) in [6.07, 6.45) is -4.35.